The van der Waals surface area contributed by atoms with Crippen molar-refractivity contribution in [2.45, 2.75) is 46.8 Å². The van der Waals surface area contributed by atoms with Crippen LogP contribution in [0.1, 0.15) is 34.6 Å². The van der Waals surface area contributed by atoms with E-state index in [-0.39, 0.29) is 12.0 Å². The van der Waals surface area contributed by atoms with E-state index >= 15 is 0 Å². The maximum absolute atomic E-state index is 11.2. The summed E-state index contributed by atoms with van der Waals surface area (Å²) in [6, 6.07) is 0. The van der Waals surface area contributed by atoms with Gasteiger partial charge in [0.05, 0.1) is 12.0 Å². The van der Waals surface area contributed by atoms with Gasteiger partial charge in [0.1, 0.15) is 0 Å². The van der Waals surface area contributed by atoms with E-state index in [1.165, 1.54) is 6.92 Å². The molecule has 82 valence electrons. The Hall–Kier alpha value is -1.06. The van der Waals surface area contributed by atoms with Gasteiger partial charge in [-0.05, 0) is 20.8 Å². The molecule has 0 saturated carbocycles. The van der Waals surface area contributed by atoms with Crippen molar-refractivity contribution >= 4 is 11.9 Å². The Balaban J connectivity index is 4.01. The van der Waals surface area contributed by atoms with Crippen LogP contribution in [-0.4, -0.2) is 24.1 Å². The van der Waals surface area contributed by atoms with Gasteiger partial charge in [-0.2, -0.15) is 0 Å². The van der Waals surface area contributed by atoms with Crippen LogP contribution < -0.4 is 0 Å². The number of esters is 2. The van der Waals surface area contributed by atoms with Crippen LogP contribution in [0.4, 0.5) is 0 Å². The maximum atomic E-state index is 11.2. The van der Waals surface area contributed by atoms with Crippen molar-refractivity contribution in [1.29, 1.82) is 0 Å². The molecule has 0 aromatic carbocycles. The minimum atomic E-state index is -0.827. The van der Waals surface area contributed by atoms with Crippen molar-refractivity contribution in [2.24, 2.45) is 5.92 Å². The molecule has 0 aromatic heterocycles. The molecule has 0 spiro atoms. The average molecular weight is 202 g/mol. The van der Waals surface area contributed by atoms with Crippen LogP contribution in [0.15, 0.2) is 0 Å². The third kappa shape index (κ3) is 4.84. The first-order valence-corrected chi connectivity index (χ1v) is 4.75. The van der Waals surface area contributed by atoms with Crippen LogP contribution in [0, 0.1) is 5.92 Å². The summed E-state index contributed by atoms with van der Waals surface area (Å²) in [4.78, 5) is 22.3. The van der Waals surface area contributed by atoms with E-state index < -0.39 is 18.0 Å². The fourth-order valence-electron chi connectivity index (χ4n) is 0.687. The summed E-state index contributed by atoms with van der Waals surface area (Å²) < 4.78 is 9.74. The summed E-state index contributed by atoms with van der Waals surface area (Å²) in [6.07, 6.45) is -1.02. The fraction of sp³-hybridized carbons (Fsp3) is 0.800. The van der Waals surface area contributed by atoms with Gasteiger partial charge < -0.3 is 9.47 Å². The van der Waals surface area contributed by atoms with Crippen LogP contribution >= 0.6 is 0 Å². The smallest absolute Gasteiger partial charge is 0.347 e. The molecule has 0 aliphatic rings. The molecule has 0 fully saturated rings. The number of carbonyl (C=O) groups excluding carboxylic acids is 2. The van der Waals surface area contributed by atoms with E-state index in [0.29, 0.717) is 0 Å². The number of rotatable bonds is 4. The molecule has 4 heteroatoms. The van der Waals surface area contributed by atoms with Gasteiger partial charge in [0.2, 0.25) is 0 Å². The first-order valence-electron chi connectivity index (χ1n) is 4.75. The summed E-state index contributed by atoms with van der Waals surface area (Å²) in [7, 11) is 0. The Labute approximate surface area is 84.6 Å². The van der Waals surface area contributed by atoms with Crippen molar-refractivity contribution in [3.05, 3.63) is 0 Å². The minimum absolute atomic E-state index is 0.192. The monoisotopic (exact) mass is 202 g/mol. The molecule has 1 atom stereocenters. The predicted molar refractivity (Wildman–Crippen MR) is 51.6 cm³/mol. The number of hydrogen-bond donors (Lipinski definition) is 0. The van der Waals surface area contributed by atoms with Gasteiger partial charge in [-0.15, -0.1) is 0 Å². The Morgan fingerprint density at radius 3 is 1.71 bits per heavy atom. The Bertz CT molecular complexity index is 208. The van der Waals surface area contributed by atoms with Gasteiger partial charge in [0.25, 0.3) is 0 Å². The lowest BCUT2D eigenvalue weighted by atomic mass is 10.2. The van der Waals surface area contributed by atoms with Crippen molar-refractivity contribution < 1.29 is 19.1 Å². The third-order valence-corrected chi connectivity index (χ3v) is 1.45. The van der Waals surface area contributed by atoms with Crippen molar-refractivity contribution in [3.8, 4) is 0 Å². The lowest BCUT2D eigenvalue weighted by molar-refractivity contribution is -0.170. The molecule has 4 nitrogen and oxygen atoms in total. The number of carbonyl (C=O) groups is 2. The van der Waals surface area contributed by atoms with E-state index in [4.69, 9.17) is 9.47 Å². The number of hydrogen-bond acceptors (Lipinski definition) is 4. The van der Waals surface area contributed by atoms with Gasteiger partial charge >= 0.3 is 11.9 Å². The normalized spacial score (nSPS) is 12.8. The van der Waals surface area contributed by atoms with Crippen LogP contribution in [0.2, 0.25) is 0 Å². The van der Waals surface area contributed by atoms with E-state index in [1.807, 2.05) is 0 Å². The van der Waals surface area contributed by atoms with Gasteiger partial charge in [0.15, 0.2) is 6.10 Å². The molecule has 0 aliphatic carbocycles. The minimum Gasteiger partial charge on any atom is -0.460 e. The zero-order valence-corrected chi connectivity index (χ0v) is 9.37. The molecule has 0 amide bonds. The molecule has 14 heavy (non-hydrogen) atoms. The molecule has 0 aromatic rings. The summed E-state index contributed by atoms with van der Waals surface area (Å²) in [6.45, 7) is 8.42. The lowest BCUT2D eigenvalue weighted by Gasteiger charge is -2.15. The molecule has 0 saturated heterocycles. The highest BCUT2D eigenvalue weighted by molar-refractivity contribution is 5.79. The quantitative estimate of drug-likeness (QED) is 0.649. The summed E-state index contributed by atoms with van der Waals surface area (Å²) in [5.74, 6) is -1.13. The zero-order valence-electron chi connectivity index (χ0n) is 9.37. The Kier molecular flexibility index (Phi) is 5.20. The molecular formula is C10H18O4. The number of ether oxygens (including phenoxy) is 2. The highest BCUT2D eigenvalue weighted by Crippen LogP contribution is 2.03. The topological polar surface area (TPSA) is 52.6 Å². The first-order chi connectivity index (χ1) is 6.34. The van der Waals surface area contributed by atoms with Gasteiger partial charge in [-0.25, -0.2) is 4.79 Å². The van der Waals surface area contributed by atoms with Crippen LogP contribution in [-0.2, 0) is 19.1 Å². The largest absolute Gasteiger partial charge is 0.460 e. The Morgan fingerprint density at radius 2 is 1.36 bits per heavy atom. The maximum Gasteiger partial charge on any atom is 0.347 e. The van der Waals surface area contributed by atoms with Gasteiger partial charge in [-0.3, -0.25) is 4.79 Å². The molecular weight excluding hydrogens is 184 g/mol. The van der Waals surface area contributed by atoms with Crippen LogP contribution in [0.5, 0.6) is 0 Å². The molecule has 0 heterocycles. The lowest BCUT2D eigenvalue weighted by Crippen LogP contribution is -2.29. The predicted octanol–water partition coefficient (Wildman–Crippen LogP) is 1.53. The molecule has 0 radical (unpaired) electrons. The second-order valence-electron chi connectivity index (χ2n) is 3.72. The summed E-state index contributed by atoms with van der Waals surface area (Å²) >= 11 is 0. The van der Waals surface area contributed by atoms with Crippen LogP contribution in [0.3, 0.4) is 0 Å². The summed E-state index contributed by atoms with van der Waals surface area (Å²) in [5.41, 5.74) is 0. The SMILES string of the molecule is CC(C)OC(=O)[C@H](C)OC(=O)C(C)C. The molecule has 0 rings (SSSR count). The van der Waals surface area contributed by atoms with E-state index in [2.05, 4.69) is 0 Å². The van der Waals surface area contributed by atoms with E-state index in [0.717, 1.165) is 0 Å². The van der Waals surface area contributed by atoms with Gasteiger partial charge in [-0.1, -0.05) is 13.8 Å². The van der Waals surface area contributed by atoms with Crippen molar-refractivity contribution in [1.82, 2.24) is 0 Å². The second kappa shape index (κ2) is 5.62. The summed E-state index contributed by atoms with van der Waals surface area (Å²) in [5, 5.41) is 0. The average Bonchev–Trinajstić information content (AvgIpc) is 2.02. The molecule has 0 unspecified atom stereocenters. The van der Waals surface area contributed by atoms with Crippen molar-refractivity contribution in [3.63, 3.8) is 0 Å². The molecule has 0 N–H and O–H groups in total. The third-order valence-electron chi connectivity index (χ3n) is 1.45. The van der Waals surface area contributed by atoms with Crippen molar-refractivity contribution in [2.75, 3.05) is 0 Å². The molecule has 0 aliphatic heterocycles. The highest BCUT2D eigenvalue weighted by atomic mass is 16.6. The fourth-order valence-corrected chi connectivity index (χ4v) is 0.687. The second-order valence-corrected chi connectivity index (χ2v) is 3.72. The van der Waals surface area contributed by atoms with Crippen LogP contribution in [0.25, 0.3) is 0 Å². The highest BCUT2D eigenvalue weighted by Gasteiger charge is 2.21. The Morgan fingerprint density at radius 1 is 0.857 bits per heavy atom. The first kappa shape index (κ1) is 12.9. The zero-order chi connectivity index (χ0) is 11.3. The van der Waals surface area contributed by atoms with E-state index in [9.17, 15) is 9.59 Å². The van der Waals surface area contributed by atoms with E-state index in [1.54, 1.807) is 27.7 Å². The molecule has 0 bridgehead atoms. The standard InChI is InChI=1S/C10H18O4/c1-6(2)9(11)14-8(5)10(12)13-7(3)4/h6-8H,1-5H3/t8-/m0/s1. The van der Waals surface area contributed by atoms with Gasteiger partial charge in [0, 0.05) is 0 Å².